The molecule has 0 saturated carbocycles. The van der Waals surface area contributed by atoms with E-state index in [9.17, 15) is 8.42 Å². The van der Waals surface area contributed by atoms with Crippen LogP contribution in [0.2, 0.25) is 0 Å². The Labute approximate surface area is 159 Å². The molecule has 4 rings (SSSR count). The molecule has 1 N–H and O–H groups in total. The van der Waals surface area contributed by atoms with Crippen LogP contribution < -0.4 is 4.72 Å². The molecule has 1 aromatic heterocycles. The lowest BCUT2D eigenvalue weighted by atomic mass is 10.3. The summed E-state index contributed by atoms with van der Waals surface area (Å²) >= 11 is 2.50. The van der Waals surface area contributed by atoms with E-state index < -0.39 is 10.0 Å². The SMILES string of the molecule is O=S(=O)(Nc1ccccc1Sc1ccccc1)c1cccc2nsnc12. The van der Waals surface area contributed by atoms with Crippen LogP contribution in [-0.4, -0.2) is 17.2 Å². The molecule has 26 heavy (non-hydrogen) atoms. The molecular weight excluding hydrogens is 386 g/mol. The molecule has 0 fully saturated rings. The Hall–Kier alpha value is -2.42. The van der Waals surface area contributed by atoms with Gasteiger partial charge in [-0.1, -0.05) is 48.2 Å². The molecule has 0 aliphatic heterocycles. The largest absolute Gasteiger partial charge is 0.278 e. The lowest BCUT2D eigenvalue weighted by Gasteiger charge is -2.12. The first-order chi connectivity index (χ1) is 12.6. The van der Waals surface area contributed by atoms with Crippen molar-refractivity contribution < 1.29 is 8.42 Å². The molecule has 0 atom stereocenters. The zero-order valence-electron chi connectivity index (χ0n) is 13.4. The summed E-state index contributed by atoms with van der Waals surface area (Å²) < 4.78 is 36.8. The van der Waals surface area contributed by atoms with Crippen LogP contribution >= 0.6 is 23.5 Å². The molecule has 4 aromatic rings. The Bertz CT molecular complexity index is 1160. The van der Waals surface area contributed by atoms with Crippen molar-refractivity contribution in [3.05, 3.63) is 72.8 Å². The molecule has 0 aliphatic rings. The molecule has 8 heteroatoms. The second-order valence-electron chi connectivity index (χ2n) is 5.40. The van der Waals surface area contributed by atoms with Gasteiger partial charge in [-0.25, -0.2) is 8.42 Å². The van der Waals surface area contributed by atoms with Gasteiger partial charge in [0.25, 0.3) is 10.0 Å². The summed E-state index contributed by atoms with van der Waals surface area (Å²) in [5, 5.41) is 0. The molecule has 1 heterocycles. The first kappa shape index (κ1) is 17.0. The fourth-order valence-electron chi connectivity index (χ4n) is 2.45. The van der Waals surface area contributed by atoms with Crippen molar-refractivity contribution in [3.8, 4) is 0 Å². The van der Waals surface area contributed by atoms with Gasteiger partial charge in [0.2, 0.25) is 0 Å². The van der Waals surface area contributed by atoms with Crippen LogP contribution in [0.15, 0.2) is 87.5 Å². The number of fused-ring (bicyclic) bond motifs is 1. The van der Waals surface area contributed by atoms with E-state index in [1.807, 2.05) is 42.5 Å². The van der Waals surface area contributed by atoms with Gasteiger partial charge in [0.15, 0.2) is 0 Å². The number of sulfonamides is 1. The maximum absolute atomic E-state index is 12.9. The van der Waals surface area contributed by atoms with E-state index in [0.717, 1.165) is 21.5 Å². The lowest BCUT2D eigenvalue weighted by Crippen LogP contribution is -2.14. The number of nitrogens with zero attached hydrogens (tertiary/aromatic N) is 2. The number of rotatable bonds is 5. The van der Waals surface area contributed by atoms with Gasteiger partial charge in [-0.2, -0.15) is 8.75 Å². The van der Waals surface area contributed by atoms with Gasteiger partial charge in [0, 0.05) is 9.79 Å². The average Bonchev–Trinajstić information content (AvgIpc) is 3.12. The first-order valence-corrected chi connectivity index (χ1v) is 10.7. The normalized spacial score (nSPS) is 11.5. The molecule has 5 nitrogen and oxygen atoms in total. The number of hydrogen-bond donors (Lipinski definition) is 1. The summed E-state index contributed by atoms with van der Waals surface area (Å²) in [4.78, 5) is 1.99. The Morgan fingerprint density at radius 1 is 0.846 bits per heavy atom. The minimum Gasteiger partial charge on any atom is -0.278 e. The highest BCUT2D eigenvalue weighted by atomic mass is 32.2. The molecule has 3 aromatic carbocycles. The van der Waals surface area contributed by atoms with Crippen molar-refractivity contribution in [2.24, 2.45) is 0 Å². The number of benzene rings is 3. The average molecular weight is 400 g/mol. The highest BCUT2D eigenvalue weighted by molar-refractivity contribution is 7.99. The monoisotopic (exact) mass is 399 g/mol. The zero-order valence-corrected chi connectivity index (χ0v) is 15.8. The maximum Gasteiger partial charge on any atom is 0.264 e. The summed E-state index contributed by atoms with van der Waals surface area (Å²) in [6, 6.07) is 22.1. The first-order valence-electron chi connectivity index (χ1n) is 7.69. The summed E-state index contributed by atoms with van der Waals surface area (Å²) in [5.74, 6) is 0. The molecule has 0 unspecified atom stereocenters. The smallest absolute Gasteiger partial charge is 0.264 e. The van der Waals surface area contributed by atoms with E-state index >= 15 is 0 Å². The fourth-order valence-corrected chi connectivity index (χ4v) is 5.29. The van der Waals surface area contributed by atoms with Gasteiger partial charge in [-0.15, -0.1) is 0 Å². The number of para-hydroxylation sites is 1. The molecule has 0 amide bonds. The van der Waals surface area contributed by atoms with E-state index in [1.165, 1.54) is 11.8 Å². The van der Waals surface area contributed by atoms with Gasteiger partial charge in [0.05, 0.1) is 17.4 Å². The van der Waals surface area contributed by atoms with Gasteiger partial charge in [-0.3, -0.25) is 4.72 Å². The van der Waals surface area contributed by atoms with Gasteiger partial charge in [0.1, 0.15) is 15.9 Å². The van der Waals surface area contributed by atoms with E-state index in [0.29, 0.717) is 16.7 Å². The summed E-state index contributed by atoms with van der Waals surface area (Å²) in [7, 11) is -3.78. The Morgan fingerprint density at radius 2 is 1.62 bits per heavy atom. The topological polar surface area (TPSA) is 72.0 Å². The molecular formula is C18H13N3O2S3. The van der Waals surface area contributed by atoms with Crippen LogP contribution in [0.1, 0.15) is 0 Å². The highest BCUT2D eigenvalue weighted by Gasteiger charge is 2.21. The third-order valence-corrected chi connectivity index (χ3v) is 6.66. The number of hydrogen-bond acceptors (Lipinski definition) is 6. The van der Waals surface area contributed by atoms with E-state index in [-0.39, 0.29) is 4.90 Å². The van der Waals surface area contributed by atoms with Crippen LogP contribution in [-0.2, 0) is 10.0 Å². The third-order valence-electron chi connectivity index (χ3n) is 3.64. The molecule has 130 valence electrons. The third kappa shape index (κ3) is 3.44. The van der Waals surface area contributed by atoms with Crippen molar-refractivity contribution in [2.45, 2.75) is 14.7 Å². The molecule has 0 aliphatic carbocycles. The summed E-state index contributed by atoms with van der Waals surface area (Å²) in [5.41, 5.74) is 1.49. The Kier molecular flexibility index (Phi) is 4.62. The number of nitrogens with one attached hydrogen (secondary N) is 1. The predicted octanol–water partition coefficient (Wildman–Crippen LogP) is 4.64. The minimum absolute atomic E-state index is 0.128. The Morgan fingerprint density at radius 3 is 2.46 bits per heavy atom. The van der Waals surface area contributed by atoms with Crippen LogP contribution in [0, 0.1) is 0 Å². The molecule has 0 bridgehead atoms. The van der Waals surface area contributed by atoms with E-state index in [4.69, 9.17) is 0 Å². The Balaban J connectivity index is 1.70. The zero-order chi connectivity index (χ0) is 18.0. The van der Waals surface area contributed by atoms with Crippen molar-refractivity contribution in [1.29, 1.82) is 0 Å². The van der Waals surface area contributed by atoms with Gasteiger partial charge >= 0.3 is 0 Å². The van der Waals surface area contributed by atoms with Crippen molar-refractivity contribution in [3.63, 3.8) is 0 Å². The maximum atomic E-state index is 12.9. The van der Waals surface area contributed by atoms with E-state index in [2.05, 4.69) is 13.5 Å². The van der Waals surface area contributed by atoms with Gasteiger partial charge < -0.3 is 0 Å². The number of aromatic nitrogens is 2. The standard InChI is InChI=1S/C18H13N3O2S3/c22-26(23,17-12-6-10-15-18(17)20-25-19-15)21-14-9-4-5-11-16(14)24-13-7-2-1-3-8-13/h1-12,21H. The summed E-state index contributed by atoms with van der Waals surface area (Å²) in [6.07, 6.45) is 0. The van der Waals surface area contributed by atoms with Crippen LogP contribution in [0.25, 0.3) is 11.0 Å². The molecule has 0 saturated heterocycles. The minimum atomic E-state index is -3.78. The van der Waals surface area contributed by atoms with Gasteiger partial charge in [-0.05, 0) is 36.4 Å². The fraction of sp³-hybridized carbons (Fsp3) is 0. The van der Waals surface area contributed by atoms with Crippen molar-refractivity contribution >= 4 is 50.2 Å². The van der Waals surface area contributed by atoms with Crippen molar-refractivity contribution in [1.82, 2.24) is 8.75 Å². The predicted molar refractivity (Wildman–Crippen MR) is 105 cm³/mol. The second kappa shape index (κ2) is 7.06. The summed E-state index contributed by atoms with van der Waals surface area (Å²) in [6.45, 7) is 0. The van der Waals surface area contributed by atoms with Crippen LogP contribution in [0.4, 0.5) is 5.69 Å². The van der Waals surface area contributed by atoms with Crippen LogP contribution in [0.3, 0.4) is 0 Å². The highest BCUT2D eigenvalue weighted by Crippen LogP contribution is 2.34. The second-order valence-corrected chi connectivity index (χ2v) is 8.70. The van der Waals surface area contributed by atoms with Crippen molar-refractivity contribution in [2.75, 3.05) is 4.72 Å². The number of anilines is 1. The molecule has 0 spiro atoms. The van der Waals surface area contributed by atoms with Crippen LogP contribution in [0.5, 0.6) is 0 Å². The quantitative estimate of drug-likeness (QED) is 0.529. The molecule has 0 radical (unpaired) electrons. The van der Waals surface area contributed by atoms with E-state index in [1.54, 1.807) is 30.3 Å². The lowest BCUT2D eigenvalue weighted by molar-refractivity contribution is 0.602.